The second kappa shape index (κ2) is 12.8. The Labute approximate surface area is 351 Å². The van der Waals surface area contributed by atoms with Crippen molar-refractivity contribution in [1.29, 1.82) is 0 Å². The average molecular weight is 772 g/mol. The van der Waals surface area contributed by atoms with Crippen LogP contribution in [0.3, 0.4) is 0 Å². The minimum Gasteiger partial charge on any atom is -0.456 e. The van der Waals surface area contributed by atoms with Gasteiger partial charge in [-0.25, -0.2) is 0 Å². The molecule has 1 heterocycles. The first-order chi connectivity index (χ1) is 29.3. The molecule has 0 N–H and O–H groups in total. The van der Waals surface area contributed by atoms with Crippen molar-refractivity contribution >= 4 is 55.3 Å². The molecule has 3 aliphatic rings. The fourth-order valence-electron chi connectivity index (χ4n) is 11.0. The zero-order valence-corrected chi connectivity index (χ0v) is 34.5. The Kier molecular flexibility index (Phi) is 7.48. The topological polar surface area (TPSA) is 16.4 Å². The molecule has 8 aromatic carbocycles. The lowest BCUT2D eigenvalue weighted by molar-refractivity contribution is 0.607. The Bertz CT molecular complexity index is 3320. The molecule has 288 valence electrons. The maximum atomic E-state index is 6.63. The molecular formula is C58H45NO. The van der Waals surface area contributed by atoms with Gasteiger partial charge < -0.3 is 9.32 Å². The largest absolute Gasteiger partial charge is 0.456 e. The number of para-hydroxylation sites is 1. The fourth-order valence-corrected chi connectivity index (χ4v) is 11.0. The van der Waals surface area contributed by atoms with E-state index in [-0.39, 0.29) is 10.8 Å². The fraction of sp³-hybridized carbons (Fsp3) is 0.138. The van der Waals surface area contributed by atoms with Crippen LogP contribution in [-0.4, -0.2) is 0 Å². The molecule has 2 nitrogen and oxygen atoms in total. The van der Waals surface area contributed by atoms with Crippen LogP contribution in [0.25, 0.3) is 71.7 Å². The second-order valence-electron chi connectivity index (χ2n) is 18.0. The second-order valence-corrected chi connectivity index (χ2v) is 18.0. The van der Waals surface area contributed by atoms with E-state index >= 15 is 0 Å². The quantitative estimate of drug-likeness (QED) is 0.173. The molecule has 0 saturated heterocycles. The van der Waals surface area contributed by atoms with Crippen LogP contribution >= 0.6 is 0 Å². The zero-order chi connectivity index (χ0) is 40.3. The van der Waals surface area contributed by atoms with Gasteiger partial charge >= 0.3 is 0 Å². The van der Waals surface area contributed by atoms with Crippen LogP contribution in [0.1, 0.15) is 62.8 Å². The van der Waals surface area contributed by atoms with E-state index < -0.39 is 0 Å². The average Bonchev–Trinajstić information content (AvgIpc) is 3.86. The Morgan fingerprint density at radius 3 is 1.92 bits per heavy atom. The van der Waals surface area contributed by atoms with Crippen molar-refractivity contribution in [2.75, 3.05) is 4.90 Å². The van der Waals surface area contributed by atoms with Crippen molar-refractivity contribution in [2.45, 2.75) is 51.4 Å². The molecule has 2 heteroatoms. The van der Waals surface area contributed by atoms with Crippen molar-refractivity contribution in [3.8, 4) is 33.4 Å². The highest BCUT2D eigenvalue weighted by molar-refractivity contribution is 6.22. The van der Waals surface area contributed by atoms with Crippen LogP contribution in [0.15, 0.2) is 186 Å². The van der Waals surface area contributed by atoms with Crippen molar-refractivity contribution in [2.24, 2.45) is 0 Å². The van der Waals surface area contributed by atoms with Crippen molar-refractivity contribution in [3.63, 3.8) is 0 Å². The standard InChI is InChI=1S/C58H45NO/c1-57(2)50-23-13-10-19-43(50)45-28-26-39(33-52(45)57)59(40-27-29-46-44-20-11-14-24-51(44)58(3,4)53(46)34-40)41-31-37(36-16-6-5-7-17-36)30-38(32-41)49-35-55-56(47-21-9-8-18-42(47)49)48-22-12-15-25-54(48)60-55/h5-13,15-23,25-35H,14,24H2,1-4H3. The highest BCUT2D eigenvalue weighted by Gasteiger charge is 2.39. The van der Waals surface area contributed by atoms with Crippen LogP contribution in [0, 0.1) is 0 Å². The molecule has 1 aromatic heterocycles. The number of benzene rings is 8. The van der Waals surface area contributed by atoms with E-state index in [1.165, 1.54) is 66.2 Å². The maximum absolute atomic E-state index is 6.63. The highest BCUT2D eigenvalue weighted by Crippen LogP contribution is 2.54. The molecule has 0 radical (unpaired) electrons. The third kappa shape index (κ3) is 5.07. The summed E-state index contributed by atoms with van der Waals surface area (Å²) in [5.41, 5.74) is 20.8. The number of furan rings is 1. The maximum Gasteiger partial charge on any atom is 0.136 e. The summed E-state index contributed by atoms with van der Waals surface area (Å²) in [6, 6.07) is 60.8. The van der Waals surface area contributed by atoms with E-state index in [0.29, 0.717) is 0 Å². The molecule has 0 unspecified atom stereocenters. The van der Waals surface area contributed by atoms with Crippen LogP contribution in [0.2, 0.25) is 0 Å². The Morgan fingerprint density at radius 1 is 0.450 bits per heavy atom. The molecule has 0 fully saturated rings. The SMILES string of the molecule is CC1(C)C2=C(C=CCC2)c2ccc(N(c3cc(-c4ccccc4)cc(-c4cc5oc6ccccc6c5c5ccccc45)c3)c3ccc4c(c3)C(C)(C)c3ccccc3-4)cc21. The zero-order valence-electron chi connectivity index (χ0n) is 34.5. The first-order valence-electron chi connectivity index (χ1n) is 21.4. The van der Waals surface area contributed by atoms with Gasteiger partial charge in [-0.2, -0.15) is 0 Å². The number of nitrogens with zero attached hydrogens (tertiary/aromatic N) is 1. The summed E-state index contributed by atoms with van der Waals surface area (Å²) in [7, 11) is 0. The van der Waals surface area contributed by atoms with E-state index in [1.807, 2.05) is 0 Å². The molecule has 9 aromatic rings. The lowest BCUT2D eigenvalue weighted by Gasteiger charge is -2.31. The third-order valence-electron chi connectivity index (χ3n) is 14.0. The van der Waals surface area contributed by atoms with E-state index in [1.54, 1.807) is 5.57 Å². The van der Waals surface area contributed by atoms with Crippen LogP contribution in [0.5, 0.6) is 0 Å². The predicted molar refractivity (Wildman–Crippen MR) is 253 cm³/mol. The molecule has 0 bridgehead atoms. The number of anilines is 3. The van der Waals surface area contributed by atoms with E-state index in [2.05, 4.69) is 209 Å². The van der Waals surface area contributed by atoms with Gasteiger partial charge in [0.15, 0.2) is 0 Å². The van der Waals surface area contributed by atoms with E-state index in [9.17, 15) is 0 Å². The minimum atomic E-state index is -0.138. The van der Waals surface area contributed by atoms with Crippen LogP contribution in [0.4, 0.5) is 17.1 Å². The molecular weight excluding hydrogens is 727 g/mol. The monoisotopic (exact) mass is 771 g/mol. The molecule has 3 aliphatic carbocycles. The highest BCUT2D eigenvalue weighted by atomic mass is 16.3. The molecule has 12 rings (SSSR count). The Balaban J connectivity index is 1.13. The van der Waals surface area contributed by atoms with Gasteiger partial charge in [-0.1, -0.05) is 155 Å². The minimum absolute atomic E-state index is 0.0589. The summed E-state index contributed by atoms with van der Waals surface area (Å²) in [6.07, 6.45) is 6.92. The summed E-state index contributed by atoms with van der Waals surface area (Å²) in [6.45, 7) is 9.59. The smallest absolute Gasteiger partial charge is 0.136 e. The van der Waals surface area contributed by atoms with Gasteiger partial charge in [-0.3, -0.25) is 0 Å². The van der Waals surface area contributed by atoms with Gasteiger partial charge in [0.25, 0.3) is 0 Å². The summed E-state index contributed by atoms with van der Waals surface area (Å²) >= 11 is 0. The number of rotatable bonds is 5. The molecule has 0 aliphatic heterocycles. The lowest BCUT2D eigenvalue weighted by atomic mass is 9.78. The summed E-state index contributed by atoms with van der Waals surface area (Å²) in [5, 5.41) is 4.72. The van der Waals surface area contributed by atoms with Gasteiger partial charge in [0.2, 0.25) is 0 Å². The van der Waals surface area contributed by atoms with E-state index in [4.69, 9.17) is 4.42 Å². The molecule has 60 heavy (non-hydrogen) atoms. The molecule has 0 atom stereocenters. The van der Waals surface area contributed by atoms with E-state index in [0.717, 1.165) is 57.6 Å². The van der Waals surface area contributed by atoms with Gasteiger partial charge in [0, 0.05) is 38.7 Å². The predicted octanol–water partition coefficient (Wildman–Crippen LogP) is 16.2. The van der Waals surface area contributed by atoms with Crippen molar-refractivity contribution < 1.29 is 4.42 Å². The van der Waals surface area contributed by atoms with Crippen molar-refractivity contribution in [1.82, 2.24) is 0 Å². The normalized spacial score (nSPS) is 15.7. The number of hydrogen-bond donors (Lipinski definition) is 0. The van der Waals surface area contributed by atoms with Gasteiger partial charge in [-0.15, -0.1) is 0 Å². The number of allylic oxidation sites excluding steroid dienone is 4. The molecule has 0 spiro atoms. The Morgan fingerprint density at radius 2 is 1.10 bits per heavy atom. The first-order valence-corrected chi connectivity index (χ1v) is 21.4. The van der Waals surface area contributed by atoms with Crippen molar-refractivity contribution in [3.05, 3.63) is 204 Å². The lowest BCUT2D eigenvalue weighted by Crippen LogP contribution is -2.19. The number of fused-ring (bicyclic) bond motifs is 10. The van der Waals surface area contributed by atoms with Crippen LogP contribution in [-0.2, 0) is 10.8 Å². The number of hydrogen-bond acceptors (Lipinski definition) is 2. The molecule has 0 amide bonds. The van der Waals surface area contributed by atoms with Gasteiger partial charge in [0.1, 0.15) is 11.2 Å². The Hall–Kier alpha value is -6.90. The van der Waals surface area contributed by atoms with Gasteiger partial charge in [-0.05, 0) is 139 Å². The molecule has 0 saturated carbocycles. The van der Waals surface area contributed by atoms with Crippen LogP contribution < -0.4 is 4.90 Å². The summed E-state index contributed by atoms with van der Waals surface area (Å²) in [4.78, 5) is 2.51. The first kappa shape index (κ1) is 35.1. The summed E-state index contributed by atoms with van der Waals surface area (Å²) in [5.74, 6) is 0. The third-order valence-corrected chi connectivity index (χ3v) is 14.0. The van der Waals surface area contributed by atoms with Gasteiger partial charge in [0.05, 0.1) is 0 Å². The summed E-state index contributed by atoms with van der Waals surface area (Å²) < 4.78 is 6.63.